The van der Waals surface area contributed by atoms with E-state index >= 15 is 0 Å². The van der Waals surface area contributed by atoms with Gasteiger partial charge in [-0.15, -0.1) is 11.3 Å². The zero-order valence-electron chi connectivity index (χ0n) is 10.4. The number of ether oxygens (including phenoxy) is 1. The monoisotopic (exact) mass is 421 g/mol. The van der Waals surface area contributed by atoms with Gasteiger partial charge in [0.05, 0.1) is 21.5 Å². The molecule has 0 aliphatic rings. The molecule has 2 heterocycles. The maximum absolute atomic E-state index is 12.1. The molecule has 0 bridgehead atoms. The van der Waals surface area contributed by atoms with E-state index in [-0.39, 0.29) is 11.6 Å². The first-order valence-corrected chi connectivity index (χ1v) is 7.70. The van der Waals surface area contributed by atoms with Crippen molar-refractivity contribution in [3.05, 3.63) is 31.1 Å². The van der Waals surface area contributed by atoms with E-state index in [1.165, 1.54) is 23.1 Å². The molecule has 0 saturated heterocycles. The third-order valence-corrected chi connectivity index (χ3v) is 5.58. The molecule has 2 rings (SSSR count). The first-order valence-electron chi connectivity index (χ1n) is 5.30. The minimum atomic E-state index is -0.602. The number of halogens is 2. The van der Waals surface area contributed by atoms with Gasteiger partial charge in [-0.1, -0.05) is 0 Å². The number of carbonyl (C=O) groups excluding carboxylic acids is 2. The number of hydrogen-bond donors (Lipinski definition) is 1. The lowest BCUT2D eigenvalue weighted by Gasteiger charge is -2.02. The second-order valence-corrected chi connectivity index (χ2v) is 6.97. The fourth-order valence-corrected chi connectivity index (χ4v) is 3.40. The Hall–Kier alpha value is -1.19. The summed E-state index contributed by atoms with van der Waals surface area (Å²) in [5.41, 5.74) is 0.378. The molecule has 2 aromatic heterocycles. The molecule has 0 spiro atoms. The summed E-state index contributed by atoms with van der Waals surface area (Å²) in [5.74, 6) is -0.922. The second kappa shape index (κ2) is 6.06. The summed E-state index contributed by atoms with van der Waals surface area (Å²) in [6.45, 7) is 0. The van der Waals surface area contributed by atoms with E-state index in [1.54, 1.807) is 19.3 Å². The average Bonchev–Trinajstić information content (AvgIpc) is 2.92. The standard InChI is InChI=1S/C11H9Br2N3O3S/c1-16-4-6(8(15-16)11(18)19-2)14-10(17)7-3-5(12)9(13)20-7/h3-4H,1-2H3,(H,14,17). The maximum atomic E-state index is 12.1. The van der Waals surface area contributed by atoms with Crippen molar-refractivity contribution in [2.75, 3.05) is 12.4 Å². The van der Waals surface area contributed by atoms with Gasteiger partial charge in [-0.3, -0.25) is 9.48 Å². The Bertz CT molecular complexity index is 661. The normalized spacial score (nSPS) is 10.4. The average molecular weight is 423 g/mol. The van der Waals surface area contributed by atoms with Gasteiger partial charge in [0.2, 0.25) is 0 Å². The van der Waals surface area contributed by atoms with E-state index in [1.807, 2.05) is 0 Å². The number of amides is 1. The number of carbonyl (C=O) groups is 2. The maximum Gasteiger partial charge on any atom is 0.360 e. The molecule has 0 fully saturated rings. The SMILES string of the molecule is COC(=O)c1nn(C)cc1NC(=O)c1cc(Br)c(Br)s1. The van der Waals surface area contributed by atoms with Crippen LogP contribution in [0.15, 0.2) is 20.5 Å². The molecule has 106 valence electrons. The molecule has 0 aliphatic heterocycles. The number of hydrogen-bond acceptors (Lipinski definition) is 5. The summed E-state index contributed by atoms with van der Waals surface area (Å²) in [4.78, 5) is 24.2. The van der Waals surface area contributed by atoms with E-state index in [2.05, 4.69) is 47.0 Å². The van der Waals surface area contributed by atoms with Gasteiger partial charge in [0, 0.05) is 17.7 Å². The lowest BCUT2D eigenvalue weighted by Crippen LogP contribution is -2.13. The summed E-state index contributed by atoms with van der Waals surface area (Å²) in [5, 5.41) is 6.61. The van der Waals surface area contributed by atoms with Gasteiger partial charge in [-0.2, -0.15) is 5.10 Å². The van der Waals surface area contributed by atoms with E-state index in [9.17, 15) is 9.59 Å². The smallest absolute Gasteiger partial charge is 0.360 e. The number of aromatic nitrogens is 2. The Morgan fingerprint density at radius 2 is 2.15 bits per heavy atom. The molecule has 0 unspecified atom stereocenters. The molecule has 1 N–H and O–H groups in total. The van der Waals surface area contributed by atoms with Crippen LogP contribution in [0, 0.1) is 0 Å². The molecule has 0 saturated carbocycles. The van der Waals surface area contributed by atoms with Gasteiger partial charge >= 0.3 is 5.97 Å². The minimum Gasteiger partial charge on any atom is -0.464 e. The van der Waals surface area contributed by atoms with Crippen LogP contribution in [0.1, 0.15) is 20.2 Å². The van der Waals surface area contributed by atoms with Crippen molar-refractivity contribution in [1.29, 1.82) is 0 Å². The highest BCUT2D eigenvalue weighted by Gasteiger charge is 2.20. The molecule has 1 amide bonds. The number of methoxy groups -OCH3 is 1. The largest absolute Gasteiger partial charge is 0.464 e. The predicted molar refractivity (Wildman–Crippen MR) is 82.2 cm³/mol. The number of esters is 1. The Balaban J connectivity index is 2.26. The minimum absolute atomic E-state index is 0.0676. The Kier molecular flexibility index (Phi) is 4.61. The molecular formula is C11H9Br2N3O3S. The number of thiophene rings is 1. The first-order chi connectivity index (χ1) is 9.42. The van der Waals surface area contributed by atoms with E-state index in [0.717, 1.165) is 8.26 Å². The molecule has 6 nitrogen and oxygen atoms in total. The molecule has 0 aliphatic carbocycles. The predicted octanol–water partition coefficient (Wildman–Crippen LogP) is 3.05. The van der Waals surface area contributed by atoms with E-state index in [0.29, 0.717) is 10.6 Å². The van der Waals surface area contributed by atoms with Crippen LogP contribution in [-0.4, -0.2) is 28.8 Å². The highest BCUT2D eigenvalue weighted by atomic mass is 79.9. The molecule has 9 heteroatoms. The number of anilines is 1. The van der Waals surface area contributed by atoms with Gasteiger partial charge in [0.15, 0.2) is 5.69 Å². The molecule has 20 heavy (non-hydrogen) atoms. The lowest BCUT2D eigenvalue weighted by molar-refractivity contribution is 0.0594. The highest BCUT2D eigenvalue weighted by molar-refractivity contribution is 9.13. The topological polar surface area (TPSA) is 73.2 Å². The van der Waals surface area contributed by atoms with Crippen LogP contribution in [0.4, 0.5) is 5.69 Å². The fraction of sp³-hybridized carbons (Fsp3) is 0.182. The van der Waals surface area contributed by atoms with Crippen molar-refractivity contribution in [3.8, 4) is 0 Å². The molecular weight excluding hydrogens is 414 g/mol. The third kappa shape index (κ3) is 3.10. The third-order valence-electron chi connectivity index (χ3n) is 2.32. The van der Waals surface area contributed by atoms with Crippen LogP contribution >= 0.6 is 43.2 Å². The number of aryl methyl sites for hydroxylation is 1. The van der Waals surface area contributed by atoms with E-state index in [4.69, 9.17) is 0 Å². The first kappa shape index (κ1) is 15.2. The quantitative estimate of drug-likeness (QED) is 0.771. The zero-order valence-corrected chi connectivity index (χ0v) is 14.4. The van der Waals surface area contributed by atoms with Gasteiger partial charge < -0.3 is 10.1 Å². The summed E-state index contributed by atoms with van der Waals surface area (Å²) in [6, 6.07) is 1.69. The molecule has 0 radical (unpaired) electrons. The molecule has 0 atom stereocenters. The number of nitrogens with zero attached hydrogens (tertiary/aromatic N) is 2. The summed E-state index contributed by atoms with van der Waals surface area (Å²) < 4.78 is 7.67. The summed E-state index contributed by atoms with van der Waals surface area (Å²) >= 11 is 7.92. The number of nitrogens with one attached hydrogen (secondary N) is 1. The van der Waals surface area contributed by atoms with Gasteiger partial charge in [0.25, 0.3) is 5.91 Å². The number of rotatable bonds is 3. The Labute approximate surface area is 135 Å². The van der Waals surface area contributed by atoms with Crippen LogP contribution in [0.3, 0.4) is 0 Å². The van der Waals surface area contributed by atoms with Crippen molar-refractivity contribution in [1.82, 2.24) is 9.78 Å². The van der Waals surface area contributed by atoms with Crippen LogP contribution in [-0.2, 0) is 11.8 Å². The van der Waals surface area contributed by atoms with Gasteiger partial charge in [0.1, 0.15) is 0 Å². The summed E-state index contributed by atoms with van der Waals surface area (Å²) in [7, 11) is 2.91. The van der Waals surface area contributed by atoms with Crippen LogP contribution < -0.4 is 5.32 Å². The van der Waals surface area contributed by atoms with Crippen molar-refractivity contribution < 1.29 is 14.3 Å². The summed E-state index contributed by atoms with van der Waals surface area (Å²) in [6.07, 6.45) is 1.54. The zero-order chi connectivity index (χ0) is 14.9. The highest BCUT2D eigenvalue weighted by Crippen LogP contribution is 2.32. The lowest BCUT2D eigenvalue weighted by atomic mass is 10.3. The van der Waals surface area contributed by atoms with Crippen LogP contribution in [0.25, 0.3) is 0 Å². The fourth-order valence-electron chi connectivity index (χ4n) is 1.47. The van der Waals surface area contributed by atoms with Crippen LogP contribution in [0.5, 0.6) is 0 Å². The Morgan fingerprint density at radius 3 is 2.70 bits per heavy atom. The van der Waals surface area contributed by atoms with Crippen molar-refractivity contribution >= 4 is 60.8 Å². The van der Waals surface area contributed by atoms with Crippen LogP contribution in [0.2, 0.25) is 0 Å². The van der Waals surface area contributed by atoms with E-state index < -0.39 is 5.97 Å². The van der Waals surface area contributed by atoms with Gasteiger partial charge in [-0.05, 0) is 37.9 Å². The molecule has 2 aromatic rings. The van der Waals surface area contributed by atoms with Gasteiger partial charge in [-0.25, -0.2) is 4.79 Å². The Morgan fingerprint density at radius 1 is 1.45 bits per heavy atom. The van der Waals surface area contributed by atoms with Crippen molar-refractivity contribution in [3.63, 3.8) is 0 Å². The van der Waals surface area contributed by atoms with Crippen molar-refractivity contribution in [2.45, 2.75) is 0 Å². The molecule has 0 aromatic carbocycles. The second-order valence-electron chi connectivity index (χ2n) is 3.74. The van der Waals surface area contributed by atoms with Crippen molar-refractivity contribution in [2.24, 2.45) is 7.05 Å².